The SMILES string of the molecule is CC(C)(C)C(=O)Nc1cccc(C(=O)NCCNC(=O)c2ccccc2)c1. The fraction of sp³-hybridized carbons (Fsp3) is 0.286. The molecule has 2 aromatic rings. The second kappa shape index (κ2) is 8.98. The average Bonchev–Trinajstić information content (AvgIpc) is 2.65. The average molecular weight is 367 g/mol. The lowest BCUT2D eigenvalue weighted by molar-refractivity contribution is -0.123. The molecular weight excluding hydrogens is 342 g/mol. The molecule has 2 aromatic carbocycles. The minimum absolute atomic E-state index is 0.122. The first-order valence-electron chi connectivity index (χ1n) is 8.80. The number of amides is 3. The van der Waals surface area contributed by atoms with Crippen LogP contribution in [-0.2, 0) is 4.79 Å². The van der Waals surface area contributed by atoms with Gasteiger partial charge < -0.3 is 16.0 Å². The number of benzene rings is 2. The summed E-state index contributed by atoms with van der Waals surface area (Å²) in [5, 5.41) is 8.30. The highest BCUT2D eigenvalue weighted by atomic mass is 16.2. The topological polar surface area (TPSA) is 87.3 Å². The van der Waals surface area contributed by atoms with Crippen LogP contribution in [0.2, 0.25) is 0 Å². The summed E-state index contributed by atoms with van der Waals surface area (Å²) < 4.78 is 0. The van der Waals surface area contributed by atoms with E-state index in [1.54, 1.807) is 48.5 Å². The Labute approximate surface area is 159 Å². The van der Waals surface area contributed by atoms with Crippen molar-refractivity contribution in [2.75, 3.05) is 18.4 Å². The van der Waals surface area contributed by atoms with Crippen LogP contribution in [0.5, 0.6) is 0 Å². The van der Waals surface area contributed by atoms with Crippen molar-refractivity contribution in [3.63, 3.8) is 0 Å². The molecule has 0 radical (unpaired) electrons. The molecule has 3 amide bonds. The molecule has 3 N–H and O–H groups in total. The Balaban J connectivity index is 1.83. The molecular formula is C21H25N3O3. The smallest absolute Gasteiger partial charge is 0.251 e. The van der Waals surface area contributed by atoms with Gasteiger partial charge in [-0.05, 0) is 30.3 Å². The first-order chi connectivity index (χ1) is 12.8. The summed E-state index contributed by atoms with van der Waals surface area (Å²) in [4.78, 5) is 36.2. The number of nitrogens with one attached hydrogen (secondary N) is 3. The normalized spacial score (nSPS) is 10.8. The standard InChI is InChI=1S/C21H25N3O3/c1-21(2,3)20(27)24-17-11-7-10-16(14-17)19(26)23-13-12-22-18(25)15-8-5-4-6-9-15/h4-11,14H,12-13H2,1-3H3,(H,22,25)(H,23,26)(H,24,27). The van der Waals surface area contributed by atoms with E-state index in [0.29, 0.717) is 29.9 Å². The van der Waals surface area contributed by atoms with Gasteiger partial charge in [0.1, 0.15) is 0 Å². The van der Waals surface area contributed by atoms with Crippen LogP contribution in [0.4, 0.5) is 5.69 Å². The third-order valence-electron chi connectivity index (χ3n) is 3.80. The molecule has 0 atom stereocenters. The number of hydrogen-bond donors (Lipinski definition) is 3. The van der Waals surface area contributed by atoms with E-state index in [1.165, 1.54) is 0 Å². The molecule has 0 aromatic heterocycles. The quantitative estimate of drug-likeness (QED) is 0.686. The lowest BCUT2D eigenvalue weighted by Gasteiger charge is -2.18. The van der Waals surface area contributed by atoms with E-state index >= 15 is 0 Å². The van der Waals surface area contributed by atoms with Crippen molar-refractivity contribution < 1.29 is 14.4 Å². The van der Waals surface area contributed by atoms with Gasteiger partial charge in [-0.1, -0.05) is 45.0 Å². The predicted octanol–water partition coefficient (Wildman–Crippen LogP) is 2.83. The van der Waals surface area contributed by atoms with E-state index < -0.39 is 5.41 Å². The van der Waals surface area contributed by atoms with Crippen molar-refractivity contribution in [1.82, 2.24) is 10.6 Å². The molecule has 0 aliphatic rings. The molecule has 2 rings (SSSR count). The molecule has 0 unspecified atom stereocenters. The van der Waals surface area contributed by atoms with Gasteiger partial charge >= 0.3 is 0 Å². The third-order valence-corrected chi connectivity index (χ3v) is 3.80. The number of anilines is 1. The van der Waals surface area contributed by atoms with E-state index in [0.717, 1.165) is 0 Å². The second-order valence-corrected chi connectivity index (χ2v) is 7.16. The van der Waals surface area contributed by atoms with Crippen LogP contribution < -0.4 is 16.0 Å². The van der Waals surface area contributed by atoms with E-state index in [1.807, 2.05) is 26.8 Å². The van der Waals surface area contributed by atoms with Crippen LogP contribution in [-0.4, -0.2) is 30.8 Å². The molecule has 0 saturated carbocycles. The Kier molecular flexibility index (Phi) is 6.71. The summed E-state index contributed by atoms with van der Waals surface area (Å²) in [7, 11) is 0. The predicted molar refractivity (Wildman–Crippen MR) is 106 cm³/mol. The van der Waals surface area contributed by atoms with Crippen LogP contribution in [0.15, 0.2) is 54.6 Å². The highest BCUT2D eigenvalue weighted by Gasteiger charge is 2.21. The van der Waals surface area contributed by atoms with Gasteiger partial charge in [0.25, 0.3) is 11.8 Å². The molecule has 27 heavy (non-hydrogen) atoms. The largest absolute Gasteiger partial charge is 0.350 e. The summed E-state index contributed by atoms with van der Waals surface area (Å²) in [6.07, 6.45) is 0. The maximum atomic E-state index is 12.3. The van der Waals surface area contributed by atoms with Crippen molar-refractivity contribution in [3.8, 4) is 0 Å². The van der Waals surface area contributed by atoms with Crippen LogP contribution in [0.1, 0.15) is 41.5 Å². The van der Waals surface area contributed by atoms with Crippen molar-refractivity contribution in [3.05, 3.63) is 65.7 Å². The van der Waals surface area contributed by atoms with Gasteiger partial charge in [0.2, 0.25) is 5.91 Å². The number of hydrogen-bond acceptors (Lipinski definition) is 3. The monoisotopic (exact) mass is 367 g/mol. The van der Waals surface area contributed by atoms with E-state index in [2.05, 4.69) is 16.0 Å². The third kappa shape index (κ3) is 6.26. The first-order valence-corrected chi connectivity index (χ1v) is 8.80. The Morgan fingerprint density at radius 3 is 1.93 bits per heavy atom. The summed E-state index contributed by atoms with van der Waals surface area (Å²) in [6, 6.07) is 15.6. The Bertz CT molecular complexity index is 811. The lowest BCUT2D eigenvalue weighted by atomic mass is 9.95. The molecule has 0 fully saturated rings. The van der Waals surface area contributed by atoms with Crippen LogP contribution in [0.3, 0.4) is 0 Å². The van der Waals surface area contributed by atoms with Gasteiger partial charge in [-0.3, -0.25) is 14.4 Å². The van der Waals surface area contributed by atoms with Gasteiger partial charge in [-0.25, -0.2) is 0 Å². The Morgan fingerprint density at radius 1 is 0.778 bits per heavy atom. The molecule has 6 heteroatoms. The van der Waals surface area contributed by atoms with E-state index in [4.69, 9.17) is 0 Å². The molecule has 0 aliphatic heterocycles. The van der Waals surface area contributed by atoms with Crippen LogP contribution in [0.25, 0.3) is 0 Å². The zero-order valence-corrected chi connectivity index (χ0v) is 15.8. The molecule has 0 heterocycles. The molecule has 0 saturated heterocycles. The van der Waals surface area contributed by atoms with E-state index in [9.17, 15) is 14.4 Å². The van der Waals surface area contributed by atoms with Gasteiger partial charge in [0.05, 0.1) is 0 Å². The second-order valence-electron chi connectivity index (χ2n) is 7.16. The van der Waals surface area contributed by atoms with Gasteiger partial charge in [-0.15, -0.1) is 0 Å². The zero-order chi connectivity index (χ0) is 19.9. The minimum atomic E-state index is -0.519. The van der Waals surface area contributed by atoms with Gasteiger partial charge in [0.15, 0.2) is 0 Å². The van der Waals surface area contributed by atoms with Crippen molar-refractivity contribution >= 4 is 23.4 Å². The summed E-state index contributed by atoms with van der Waals surface area (Å²) in [5.74, 6) is -0.573. The molecule has 0 spiro atoms. The maximum absolute atomic E-state index is 12.3. The summed E-state index contributed by atoms with van der Waals surface area (Å²) in [6.45, 7) is 6.09. The Morgan fingerprint density at radius 2 is 1.33 bits per heavy atom. The molecule has 0 aliphatic carbocycles. The number of rotatable bonds is 6. The highest BCUT2D eigenvalue weighted by molar-refractivity contribution is 5.98. The number of carbonyl (C=O) groups is 3. The fourth-order valence-corrected chi connectivity index (χ4v) is 2.20. The van der Waals surface area contributed by atoms with Gasteiger partial charge in [0, 0.05) is 35.3 Å². The lowest BCUT2D eigenvalue weighted by Crippen LogP contribution is -2.34. The van der Waals surface area contributed by atoms with Crippen molar-refractivity contribution in [2.24, 2.45) is 5.41 Å². The van der Waals surface area contributed by atoms with Crippen LogP contribution >= 0.6 is 0 Å². The summed E-state index contributed by atoms with van der Waals surface area (Å²) >= 11 is 0. The maximum Gasteiger partial charge on any atom is 0.251 e. The Hall–Kier alpha value is -3.15. The number of carbonyl (C=O) groups excluding carboxylic acids is 3. The van der Waals surface area contributed by atoms with E-state index in [-0.39, 0.29) is 17.7 Å². The van der Waals surface area contributed by atoms with Crippen molar-refractivity contribution in [2.45, 2.75) is 20.8 Å². The highest BCUT2D eigenvalue weighted by Crippen LogP contribution is 2.18. The molecule has 142 valence electrons. The molecule has 0 bridgehead atoms. The molecule has 6 nitrogen and oxygen atoms in total. The summed E-state index contributed by atoms with van der Waals surface area (Å²) in [5.41, 5.74) is 1.07. The minimum Gasteiger partial charge on any atom is -0.350 e. The zero-order valence-electron chi connectivity index (χ0n) is 15.8. The van der Waals surface area contributed by atoms with Crippen LogP contribution in [0, 0.1) is 5.41 Å². The van der Waals surface area contributed by atoms with Gasteiger partial charge in [-0.2, -0.15) is 0 Å². The fourth-order valence-electron chi connectivity index (χ4n) is 2.20. The first kappa shape index (κ1) is 20.2. The van der Waals surface area contributed by atoms with Crippen molar-refractivity contribution in [1.29, 1.82) is 0 Å².